The van der Waals surface area contributed by atoms with E-state index in [2.05, 4.69) is 164 Å². The predicted molar refractivity (Wildman–Crippen MR) is 242 cm³/mol. The number of pyridine rings is 2. The maximum Gasteiger partial charge on any atom is 0.132 e. The zero-order chi connectivity index (χ0) is 39.6. The smallest absolute Gasteiger partial charge is 0.132 e. The second kappa shape index (κ2) is 15.1. The average molecular weight is 953 g/mol. The van der Waals surface area contributed by atoms with Gasteiger partial charge in [0, 0.05) is 69.3 Å². The van der Waals surface area contributed by atoms with E-state index >= 15 is 0 Å². The first kappa shape index (κ1) is 39.4. The molecule has 1 N–H and O–H groups in total. The number of fused-ring (bicyclic) bond motifs is 4. The molecule has 0 fully saturated rings. The summed E-state index contributed by atoms with van der Waals surface area (Å²) in [6.07, 6.45) is 0. The van der Waals surface area contributed by atoms with Gasteiger partial charge in [0.1, 0.15) is 5.75 Å². The molecule has 0 aliphatic rings. The Balaban J connectivity index is 0.00000469. The summed E-state index contributed by atoms with van der Waals surface area (Å²) in [5.41, 5.74) is 12.7. The molecule has 290 valence electrons. The van der Waals surface area contributed by atoms with Gasteiger partial charge in [-0.05, 0) is 80.8 Å². The number of hydrogen-bond donors (Lipinski definition) is 1. The van der Waals surface area contributed by atoms with Crippen molar-refractivity contribution in [2.24, 2.45) is 0 Å². The molecule has 58 heavy (non-hydrogen) atoms. The van der Waals surface area contributed by atoms with Gasteiger partial charge in [-0.25, -0.2) is 0 Å². The zero-order valence-corrected chi connectivity index (χ0v) is 36.9. The van der Waals surface area contributed by atoms with E-state index in [-0.39, 0.29) is 37.6 Å². The number of thiophene rings is 1. The molecule has 0 spiro atoms. The fourth-order valence-corrected chi connectivity index (χ4v) is 9.04. The first-order chi connectivity index (χ1) is 27.3. The SMILES string of the molecule is Cc1cc(-c2cccc3c2sc2ccccc23)cc(-c2[c-]c(-c3cc(-c4cc(C(C)(C)C)cc(C(C)(C)C)c4)cc(-c4ccc5ccccc5c4O)n3)ccc2)n1.[Pt]. The van der Waals surface area contributed by atoms with Gasteiger partial charge in [0.05, 0.1) is 5.69 Å². The summed E-state index contributed by atoms with van der Waals surface area (Å²) in [7, 11) is 0. The van der Waals surface area contributed by atoms with E-state index in [1.165, 1.54) is 36.9 Å². The Morgan fingerprint density at radius 2 is 1.10 bits per heavy atom. The first-order valence-corrected chi connectivity index (χ1v) is 20.4. The maximum atomic E-state index is 11.7. The van der Waals surface area contributed by atoms with Crippen molar-refractivity contribution in [2.45, 2.75) is 59.3 Å². The molecule has 0 unspecified atom stereocenters. The van der Waals surface area contributed by atoms with Crippen LogP contribution in [0.3, 0.4) is 0 Å². The summed E-state index contributed by atoms with van der Waals surface area (Å²) in [6, 6.07) is 52.8. The second-order valence-corrected chi connectivity index (χ2v) is 18.3. The predicted octanol–water partition coefficient (Wildman–Crippen LogP) is 14.7. The molecule has 0 radical (unpaired) electrons. The number of nitrogens with zero attached hydrogens (tertiary/aromatic N) is 2. The van der Waals surface area contributed by atoms with Gasteiger partial charge in [0.15, 0.2) is 0 Å². The molecule has 6 aromatic carbocycles. The number of aromatic hydroxyl groups is 1. The van der Waals surface area contributed by atoms with Crippen LogP contribution in [0.4, 0.5) is 0 Å². The van der Waals surface area contributed by atoms with E-state index in [9.17, 15) is 5.11 Å². The van der Waals surface area contributed by atoms with Gasteiger partial charge >= 0.3 is 0 Å². The van der Waals surface area contributed by atoms with Crippen LogP contribution in [0.5, 0.6) is 5.75 Å². The molecule has 0 atom stereocenters. The molecule has 0 saturated carbocycles. The fraction of sp³-hybridized carbons (Fsp3) is 0.170. The minimum Gasteiger partial charge on any atom is -0.507 e. The molecule has 0 amide bonds. The molecule has 5 heteroatoms. The Morgan fingerprint density at radius 3 is 1.83 bits per heavy atom. The van der Waals surface area contributed by atoms with Crippen LogP contribution in [0.15, 0.2) is 140 Å². The monoisotopic (exact) mass is 952 g/mol. The summed E-state index contributed by atoms with van der Waals surface area (Å²) in [5, 5.41) is 16.1. The van der Waals surface area contributed by atoms with Crippen molar-refractivity contribution < 1.29 is 26.2 Å². The van der Waals surface area contributed by atoms with Crippen molar-refractivity contribution >= 4 is 42.3 Å². The van der Waals surface area contributed by atoms with E-state index < -0.39 is 0 Å². The maximum absolute atomic E-state index is 11.7. The third-order valence-corrected chi connectivity index (χ3v) is 12.2. The van der Waals surface area contributed by atoms with E-state index in [4.69, 9.17) is 9.97 Å². The van der Waals surface area contributed by atoms with Crippen molar-refractivity contribution in [3.8, 4) is 61.8 Å². The Kier molecular flexibility index (Phi) is 10.2. The van der Waals surface area contributed by atoms with Crippen molar-refractivity contribution in [3.05, 3.63) is 162 Å². The molecule has 0 aliphatic carbocycles. The molecule has 0 saturated heterocycles. The topological polar surface area (TPSA) is 46.0 Å². The summed E-state index contributed by atoms with van der Waals surface area (Å²) >= 11 is 1.84. The number of aryl methyl sites for hydroxylation is 1. The normalized spacial score (nSPS) is 12.0. The molecule has 3 heterocycles. The van der Waals surface area contributed by atoms with Gasteiger partial charge in [-0.3, -0.25) is 9.97 Å². The van der Waals surface area contributed by atoms with Gasteiger partial charge in [0.2, 0.25) is 0 Å². The van der Waals surface area contributed by atoms with E-state index in [0.717, 1.165) is 55.7 Å². The van der Waals surface area contributed by atoms with Crippen LogP contribution in [0.2, 0.25) is 0 Å². The van der Waals surface area contributed by atoms with Crippen LogP contribution in [0.1, 0.15) is 58.4 Å². The molecule has 9 rings (SSSR count). The number of aromatic nitrogens is 2. The molecule has 3 aromatic heterocycles. The zero-order valence-electron chi connectivity index (χ0n) is 33.8. The van der Waals surface area contributed by atoms with Crippen LogP contribution in [0.25, 0.3) is 87.0 Å². The van der Waals surface area contributed by atoms with Gasteiger partial charge < -0.3 is 5.11 Å². The van der Waals surface area contributed by atoms with Crippen LogP contribution >= 0.6 is 11.3 Å². The Labute approximate surface area is 359 Å². The Bertz CT molecular complexity index is 2990. The van der Waals surface area contributed by atoms with Crippen molar-refractivity contribution in [2.75, 3.05) is 0 Å². The third-order valence-electron chi connectivity index (χ3n) is 11.0. The van der Waals surface area contributed by atoms with E-state index in [1.807, 2.05) is 41.7 Å². The number of phenolic OH excluding ortho intramolecular Hbond substituents is 1. The fourth-order valence-electron chi connectivity index (χ4n) is 7.80. The molecule has 9 aromatic rings. The average Bonchev–Trinajstić information content (AvgIpc) is 3.59. The first-order valence-electron chi connectivity index (χ1n) is 19.6. The quantitative estimate of drug-likeness (QED) is 0.175. The Hall–Kier alpha value is -5.41. The summed E-state index contributed by atoms with van der Waals surface area (Å²) in [5.74, 6) is 0.227. The van der Waals surface area contributed by atoms with Crippen molar-refractivity contribution in [1.29, 1.82) is 0 Å². The number of benzene rings is 6. The van der Waals surface area contributed by atoms with Gasteiger partial charge in [-0.1, -0.05) is 150 Å². The molecule has 3 nitrogen and oxygen atoms in total. The molecular weight excluding hydrogens is 908 g/mol. The summed E-state index contributed by atoms with van der Waals surface area (Å²) in [4.78, 5) is 10.3. The molecule has 0 bridgehead atoms. The largest absolute Gasteiger partial charge is 0.507 e. The van der Waals surface area contributed by atoms with Gasteiger partial charge in [-0.15, -0.1) is 35.6 Å². The molecular formula is C53H45N2OPtS-. The van der Waals surface area contributed by atoms with E-state index in [0.29, 0.717) is 11.3 Å². The third kappa shape index (κ3) is 7.41. The summed E-state index contributed by atoms with van der Waals surface area (Å²) in [6.45, 7) is 15.7. The standard InChI is InChI=1S/C53H45N2OS.Pt/c1-32-24-38(42-19-13-20-44-43-18-10-11-21-49(43)57-51(42)44)30-46(54-32)34-15-12-16-35(25-34)47-28-37(36-26-39(52(2,3)4)31-40(27-36)53(5,6)7)29-48(55-47)45-23-22-33-14-8-9-17-41(33)50(45)56;/h8-24,26-31,56H,1-7H3;/q-1;. The van der Waals surface area contributed by atoms with Crippen molar-refractivity contribution in [3.63, 3.8) is 0 Å². The van der Waals surface area contributed by atoms with Gasteiger partial charge in [0.25, 0.3) is 0 Å². The van der Waals surface area contributed by atoms with Crippen molar-refractivity contribution in [1.82, 2.24) is 9.97 Å². The van der Waals surface area contributed by atoms with Crippen LogP contribution in [-0.2, 0) is 31.9 Å². The van der Waals surface area contributed by atoms with Crippen LogP contribution in [-0.4, -0.2) is 15.1 Å². The number of rotatable bonds is 5. The Morgan fingerprint density at radius 1 is 0.517 bits per heavy atom. The minimum absolute atomic E-state index is 0. The number of hydrogen-bond acceptors (Lipinski definition) is 4. The van der Waals surface area contributed by atoms with Crippen LogP contribution in [0, 0.1) is 13.0 Å². The van der Waals surface area contributed by atoms with Crippen LogP contribution < -0.4 is 0 Å². The molecule has 0 aliphatic heterocycles. The van der Waals surface area contributed by atoms with Gasteiger partial charge in [-0.2, -0.15) is 0 Å². The minimum atomic E-state index is -0.0460. The summed E-state index contributed by atoms with van der Waals surface area (Å²) < 4.78 is 2.57. The van der Waals surface area contributed by atoms with E-state index in [1.54, 1.807) is 0 Å². The second-order valence-electron chi connectivity index (χ2n) is 17.2. The number of phenols is 1.